The van der Waals surface area contributed by atoms with Crippen LogP contribution in [0.2, 0.25) is 0 Å². The van der Waals surface area contributed by atoms with Crippen LogP contribution in [0.25, 0.3) is 0 Å². The second-order valence-electron chi connectivity index (χ2n) is 5.62. The fourth-order valence-electron chi connectivity index (χ4n) is 2.59. The molecule has 7 heteroatoms. The van der Waals surface area contributed by atoms with Gasteiger partial charge in [0, 0.05) is 25.7 Å². The number of ether oxygens (including phenoxy) is 1. The third kappa shape index (κ3) is 3.41. The fourth-order valence-corrected chi connectivity index (χ4v) is 3.66. The van der Waals surface area contributed by atoms with Crippen LogP contribution in [0.4, 0.5) is 5.69 Å². The molecule has 22 heavy (non-hydrogen) atoms. The Morgan fingerprint density at radius 1 is 1.27 bits per heavy atom. The molecule has 1 aliphatic carbocycles. The van der Waals surface area contributed by atoms with Crippen LogP contribution >= 0.6 is 0 Å². The highest BCUT2D eigenvalue weighted by Gasteiger charge is 2.25. The molecule has 1 aromatic rings. The topological polar surface area (TPSA) is 75.7 Å². The highest BCUT2D eigenvalue weighted by atomic mass is 32.2. The third-order valence-electron chi connectivity index (χ3n) is 3.92. The van der Waals surface area contributed by atoms with Gasteiger partial charge in [0.2, 0.25) is 15.9 Å². The van der Waals surface area contributed by atoms with Gasteiger partial charge in [0.1, 0.15) is 10.6 Å². The van der Waals surface area contributed by atoms with E-state index in [1.54, 1.807) is 12.1 Å². The van der Waals surface area contributed by atoms with Crippen molar-refractivity contribution in [3.63, 3.8) is 0 Å². The summed E-state index contributed by atoms with van der Waals surface area (Å²) in [7, 11) is 0.691. The van der Waals surface area contributed by atoms with Crippen molar-refractivity contribution in [2.24, 2.45) is 5.92 Å². The maximum Gasteiger partial charge on any atom is 0.246 e. The summed E-state index contributed by atoms with van der Waals surface area (Å²) in [6.07, 6.45) is 3.93. The highest BCUT2D eigenvalue weighted by molar-refractivity contribution is 7.89. The molecular weight excluding hydrogens is 304 g/mol. The molecule has 0 radical (unpaired) electrons. The van der Waals surface area contributed by atoms with Crippen molar-refractivity contribution in [3.8, 4) is 5.75 Å². The van der Waals surface area contributed by atoms with Gasteiger partial charge < -0.3 is 10.1 Å². The van der Waals surface area contributed by atoms with E-state index in [1.165, 1.54) is 27.3 Å². The number of nitrogens with one attached hydrogen (secondary N) is 1. The predicted octanol–water partition coefficient (Wildman–Crippen LogP) is 2.07. The minimum absolute atomic E-state index is 0.0241. The van der Waals surface area contributed by atoms with Gasteiger partial charge in [-0.05, 0) is 31.0 Å². The molecule has 0 bridgehead atoms. The Hall–Kier alpha value is -1.60. The number of anilines is 1. The second kappa shape index (κ2) is 6.66. The summed E-state index contributed by atoms with van der Waals surface area (Å²) in [5.41, 5.74) is 0.470. The standard InChI is InChI=1S/C15H22N2O4S/c1-17(2)22(19,20)14-10-12(8-9-13(14)21-3)16-15(18)11-6-4-5-7-11/h8-11H,4-7H2,1-3H3,(H,16,18). The Morgan fingerprint density at radius 3 is 2.45 bits per heavy atom. The van der Waals surface area contributed by atoms with Gasteiger partial charge in [-0.2, -0.15) is 0 Å². The first-order valence-electron chi connectivity index (χ1n) is 7.27. The van der Waals surface area contributed by atoms with E-state index in [4.69, 9.17) is 4.74 Å². The molecule has 2 rings (SSSR count). The van der Waals surface area contributed by atoms with Crippen molar-refractivity contribution >= 4 is 21.6 Å². The highest BCUT2D eigenvalue weighted by Crippen LogP contribution is 2.30. The molecule has 0 unspecified atom stereocenters. The van der Waals surface area contributed by atoms with Crippen LogP contribution in [0.5, 0.6) is 5.75 Å². The molecule has 1 fully saturated rings. The Morgan fingerprint density at radius 2 is 1.91 bits per heavy atom. The van der Waals surface area contributed by atoms with Crippen molar-refractivity contribution in [1.29, 1.82) is 0 Å². The summed E-state index contributed by atoms with van der Waals surface area (Å²) in [5.74, 6) is 0.236. The maximum atomic E-state index is 12.3. The van der Waals surface area contributed by atoms with Crippen LogP contribution in [-0.4, -0.2) is 39.8 Å². The SMILES string of the molecule is COc1ccc(NC(=O)C2CCCC2)cc1S(=O)(=O)N(C)C. The van der Waals surface area contributed by atoms with E-state index in [0.29, 0.717) is 5.69 Å². The van der Waals surface area contributed by atoms with E-state index < -0.39 is 10.0 Å². The monoisotopic (exact) mass is 326 g/mol. The normalized spacial score (nSPS) is 16.0. The van der Waals surface area contributed by atoms with Crippen molar-refractivity contribution < 1.29 is 17.9 Å². The van der Waals surface area contributed by atoms with Gasteiger partial charge in [-0.25, -0.2) is 12.7 Å². The first-order chi connectivity index (χ1) is 10.4. The minimum atomic E-state index is -3.64. The number of methoxy groups -OCH3 is 1. The minimum Gasteiger partial charge on any atom is -0.495 e. The number of carbonyl (C=O) groups is 1. The summed E-state index contributed by atoms with van der Waals surface area (Å²) in [5, 5.41) is 2.81. The Kier molecular flexibility index (Phi) is 5.08. The van der Waals surface area contributed by atoms with Gasteiger partial charge >= 0.3 is 0 Å². The number of hydrogen-bond donors (Lipinski definition) is 1. The number of carbonyl (C=O) groups excluding carboxylic acids is 1. The summed E-state index contributed by atoms with van der Waals surface area (Å²) in [6.45, 7) is 0. The summed E-state index contributed by atoms with van der Waals surface area (Å²) in [6, 6.07) is 4.65. The smallest absolute Gasteiger partial charge is 0.246 e. The lowest BCUT2D eigenvalue weighted by molar-refractivity contribution is -0.119. The van der Waals surface area contributed by atoms with Gasteiger partial charge in [-0.3, -0.25) is 4.79 Å². The molecule has 1 N–H and O–H groups in total. The number of benzene rings is 1. The molecule has 122 valence electrons. The van der Waals surface area contributed by atoms with Gasteiger partial charge in [-0.1, -0.05) is 12.8 Å². The third-order valence-corrected chi connectivity index (χ3v) is 5.75. The van der Waals surface area contributed by atoms with Crippen LogP contribution in [0.15, 0.2) is 23.1 Å². The first kappa shape index (κ1) is 16.8. The molecule has 1 aliphatic rings. The molecule has 0 heterocycles. The van der Waals surface area contributed by atoms with Gasteiger partial charge in [-0.15, -0.1) is 0 Å². The number of rotatable bonds is 5. The zero-order valence-electron chi connectivity index (χ0n) is 13.1. The summed E-state index contributed by atoms with van der Waals surface area (Å²) < 4.78 is 30.9. The zero-order valence-corrected chi connectivity index (χ0v) is 13.9. The van der Waals surface area contributed by atoms with E-state index >= 15 is 0 Å². The molecule has 0 saturated heterocycles. The second-order valence-corrected chi connectivity index (χ2v) is 7.74. The lowest BCUT2D eigenvalue weighted by atomic mass is 10.1. The molecule has 0 aliphatic heterocycles. The Labute approximate surface area is 131 Å². The Bertz CT molecular complexity index is 650. The van der Waals surface area contributed by atoms with Crippen LogP contribution in [0, 0.1) is 5.92 Å². The lowest BCUT2D eigenvalue weighted by Gasteiger charge is -2.16. The number of sulfonamides is 1. The van der Waals surface area contributed by atoms with E-state index in [2.05, 4.69) is 5.32 Å². The Balaban J connectivity index is 2.29. The molecule has 1 aromatic carbocycles. The van der Waals surface area contributed by atoms with E-state index in [9.17, 15) is 13.2 Å². The van der Waals surface area contributed by atoms with Crippen molar-refractivity contribution in [2.75, 3.05) is 26.5 Å². The number of amides is 1. The molecule has 1 saturated carbocycles. The zero-order chi connectivity index (χ0) is 16.3. The predicted molar refractivity (Wildman–Crippen MR) is 84.5 cm³/mol. The van der Waals surface area contributed by atoms with Gasteiger partial charge in [0.05, 0.1) is 7.11 Å². The molecule has 0 spiro atoms. The van der Waals surface area contributed by atoms with Crippen LogP contribution in [0.1, 0.15) is 25.7 Å². The number of nitrogens with zero attached hydrogens (tertiary/aromatic N) is 1. The van der Waals surface area contributed by atoms with Crippen molar-refractivity contribution in [3.05, 3.63) is 18.2 Å². The largest absolute Gasteiger partial charge is 0.495 e. The van der Waals surface area contributed by atoms with Crippen LogP contribution < -0.4 is 10.1 Å². The lowest BCUT2D eigenvalue weighted by Crippen LogP contribution is -2.24. The average Bonchev–Trinajstić information content (AvgIpc) is 3.01. The van der Waals surface area contributed by atoms with Gasteiger partial charge in [0.25, 0.3) is 0 Å². The molecular formula is C15H22N2O4S. The molecule has 0 atom stereocenters. The molecule has 6 nitrogen and oxygen atoms in total. The summed E-state index contributed by atoms with van der Waals surface area (Å²) >= 11 is 0. The fraction of sp³-hybridized carbons (Fsp3) is 0.533. The van der Waals surface area contributed by atoms with Crippen molar-refractivity contribution in [2.45, 2.75) is 30.6 Å². The average molecular weight is 326 g/mol. The van der Waals surface area contributed by atoms with Crippen LogP contribution in [0.3, 0.4) is 0 Å². The van der Waals surface area contributed by atoms with E-state index in [1.807, 2.05) is 0 Å². The molecule has 0 aromatic heterocycles. The number of hydrogen-bond acceptors (Lipinski definition) is 4. The first-order valence-corrected chi connectivity index (χ1v) is 8.71. The van der Waals surface area contributed by atoms with Gasteiger partial charge in [0.15, 0.2) is 0 Å². The van der Waals surface area contributed by atoms with E-state index in [0.717, 1.165) is 30.0 Å². The molecule has 1 amide bonds. The van der Waals surface area contributed by atoms with Crippen LogP contribution in [-0.2, 0) is 14.8 Å². The summed E-state index contributed by atoms with van der Waals surface area (Å²) in [4.78, 5) is 12.2. The quantitative estimate of drug-likeness (QED) is 0.899. The van der Waals surface area contributed by atoms with E-state index in [-0.39, 0.29) is 22.5 Å². The van der Waals surface area contributed by atoms with Crippen molar-refractivity contribution in [1.82, 2.24) is 4.31 Å². The maximum absolute atomic E-state index is 12.3.